The van der Waals surface area contributed by atoms with Crippen molar-refractivity contribution in [3.05, 3.63) is 0 Å². The van der Waals surface area contributed by atoms with E-state index in [2.05, 4.69) is 4.18 Å². The van der Waals surface area contributed by atoms with Gasteiger partial charge in [-0.05, 0) is 6.42 Å². The van der Waals surface area contributed by atoms with Crippen LogP contribution in [0, 0.1) is 0 Å². The van der Waals surface area contributed by atoms with Gasteiger partial charge in [-0.1, -0.05) is 19.8 Å². The largest absolute Gasteiger partial charge is 0.294 e. The van der Waals surface area contributed by atoms with Crippen LogP contribution in [-0.4, -0.2) is 32.1 Å². The van der Waals surface area contributed by atoms with E-state index in [1.54, 1.807) is 0 Å². The van der Waals surface area contributed by atoms with E-state index in [0.717, 1.165) is 12.8 Å². The molecule has 1 fully saturated rings. The number of hydrogen-bond acceptors (Lipinski definition) is 5. The van der Waals surface area contributed by atoms with Crippen LogP contribution < -0.4 is 5.32 Å². The van der Waals surface area contributed by atoms with Gasteiger partial charge in [-0.25, -0.2) is 0 Å². The zero-order chi connectivity index (χ0) is 12.2. The van der Waals surface area contributed by atoms with Crippen LogP contribution in [0.4, 0.5) is 0 Å². The number of carbonyl (C=O) groups excluding carboxylic acids is 2. The van der Waals surface area contributed by atoms with Crippen molar-refractivity contribution >= 4 is 21.9 Å². The number of imide groups is 1. The zero-order valence-electron chi connectivity index (χ0n) is 9.06. The Morgan fingerprint density at radius 2 is 2.06 bits per heavy atom. The van der Waals surface area contributed by atoms with Crippen LogP contribution in [0.2, 0.25) is 0 Å². The first-order chi connectivity index (χ1) is 7.44. The Morgan fingerprint density at radius 3 is 2.56 bits per heavy atom. The highest BCUT2D eigenvalue weighted by Gasteiger charge is 2.35. The van der Waals surface area contributed by atoms with E-state index in [-0.39, 0.29) is 12.2 Å². The zero-order valence-corrected chi connectivity index (χ0v) is 9.88. The average molecular weight is 249 g/mol. The molecule has 1 heterocycles. The highest BCUT2D eigenvalue weighted by Crippen LogP contribution is 2.12. The lowest BCUT2D eigenvalue weighted by molar-refractivity contribution is -0.126. The Kier molecular flexibility index (Phi) is 4.43. The van der Waals surface area contributed by atoms with Crippen LogP contribution in [0.3, 0.4) is 0 Å². The van der Waals surface area contributed by atoms with E-state index in [1.807, 2.05) is 12.2 Å². The van der Waals surface area contributed by atoms with Gasteiger partial charge in [0.15, 0.2) is 6.10 Å². The second kappa shape index (κ2) is 5.40. The summed E-state index contributed by atoms with van der Waals surface area (Å²) in [7, 11) is -3.71. The molecule has 6 nitrogen and oxygen atoms in total. The lowest BCUT2D eigenvalue weighted by Gasteiger charge is -2.08. The van der Waals surface area contributed by atoms with Crippen LogP contribution in [-0.2, 0) is 23.9 Å². The van der Waals surface area contributed by atoms with Gasteiger partial charge >= 0.3 is 0 Å². The van der Waals surface area contributed by atoms with E-state index in [4.69, 9.17) is 0 Å². The second-order valence-corrected chi connectivity index (χ2v) is 5.39. The van der Waals surface area contributed by atoms with E-state index >= 15 is 0 Å². The quantitative estimate of drug-likeness (QED) is 0.404. The average Bonchev–Trinajstić information content (AvgIpc) is 2.44. The second-order valence-electron chi connectivity index (χ2n) is 3.67. The van der Waals surface area contributed by atoms with Crippen LogP contribution in [0.1, 0.15) is 32.6 Å². The number of carbonyl (C=O) groups is 2. The summed E-state index contributed by atoms with van der Waals surface area (Å²) in [5, 5.41) is 1.99. The molecule has 0 radical (unpaired) electrons. The van der Waals surface area contributed by atoms with Gasteiger partial charge in [-0.3, -0.25) is 19.1 Å². The third-order valence-corrected chi connectivity index (χ3v) is 3.50. The van der Waals surface area contributed by atoms with Crippen LogP contribution in [0.25, 0.3) is 0 Å². The fourth-order valence-electron chi connectivity index (χ4n) is 1.36. The third kappa shape index (κ3) is 3.90. The van der Waals surface area contributed by atoms with Gasteiger partial charge in [0.05, 0.1) is 12.2 Å². The Bertz CT molecular complexity index is 375. The van der Waals surface area contributed by atoms with Crippen molar-refractivity contribution in [1.82, 2.24) is 5.32 Å². The Balaban J connectivity index is 2.46. The summed E-state index contributed by atoms with van der Waals surface area (Å²) in [5.74, 6) is -1.29. The highest BCUT2D eigenvalue weighted by molar-refractivity contribution is 7.86. The molecule has 0 spiro atoms. The molecule has 1 unspecified atom stereocenters. The molecule has 1 aliphatic heterocycles. The molecule has 1 aliphatic rings. The predicted molar refractivity (Wildman–Crippen MR) is 56.0 cm³/mol. The molecule has 16 heavy (non-hydrogen) atoms. The molecule has 0 aromatic carbocycles. The molecule has 92 valence electrons. The first-order valence-electron chi connectivity index (χ1n) is 5.19. The Labute approximate surface area is 94.5 Å². The van der Waals surface area contributed by atoms with Gasteiger partial charge in [0.1, 0.15) is 0 Å². The lowest BCUT2D eigenvalue weighted by Crippen LogP contribution is -2.29. The van der Waals surface area contributed by atoms with Gasteiger partial charge in [-0.2, -0.15) is 8.42 Å². The number of unbranched alkanes of at least 4 members (excludes halogenated alkanes) is 2. The summed E-state index contributed by atoms with van der Waals surface area (Å²) in [6.07, 6.45) is 0.794. The molecule has 0 aliphatic carbocycles. The number of amides is 2. The normalized spacial score (nSPS) is 21.2. The van der Waals surface area contributed by atoms with Crippen molar-refractivity contribution in [3.8, 4) is 0 Å². The first-order valence-corrected chi connectivity index (χ1v) is 6.77. The molecule has 1 atom stereocenters. The van der Waals surface area contributed by atoms with Gasteiger partial charge in [0.2, 0.25) is 5.91 Å². The van der Waals surface area contributed by atoms with E-state index in [0.29, 0.717) is 6.42 Å². The summed E-state index contributed by atoms with van der Waals surface area (Å²) in [4.78, 5) is 21.9. The summed E-state index contributed by atoms with van der Waals surface area (Å²) >= 11 is 0. The Hall–Kier alpha value is -0.950. The predicted octanol–water partition coefficient (Wildman–Crippen LogP) is -0.0619. The lowest BCUT2D eigenvalue weighted by atomic mass is 10.3. The van der Waals surface area contributed by atoms with Crippen LogP contribution in [0.5, 0.6) is 0 Å². The molecule has 0 aromatic heterocycles. The first kappa shape index (κ1) is 13.1. The SMILES string of the molecule is CCCCCS(=O)(=O)OC1CC(=O)NC1=O. The molecular formula is C9H15NO5S. The molecule has 0 bridgehead atoms. The molecule has 1 saturated heterocycles. The maximum atomic E-state index is 11.4. The van der Waals surface area contributed by atoms with Gasteiger partial charge in [0.25, 0.3) is 16.0 Å². The standard InChI is InChI=1S/C9H15NO5S/c1-2-3-4-5-16(13,14)15-7-6-8(11)10-9(7)12/h7H,2-6H2,1H3,(H,10,11,12). The van der Waals surface area contributed by atoms with Crippen molar-refractivity contribution < 1.29 is 22.2 Å². The van der Waals surface area contributed by atoms with E-state index < -0.39 is 28.0 Å². The van der Waals surface area contributed by atoms with E-state index in [9.17, 15) is 18.0 Å². The molecule has 1 rings (SSSR count). The molecule has 1 N–H and O–H groups in total. The maximum Gasteiger partial charge on any atom is 0.268 e. The van der Waals surface area contributed by atoms with Crippen LogP contribution in [0.15, 0.2) is 0 Å². The summed E-state index contributed by atoms with van der Waals surface area (Å²) in [6.45, 7) is 1.95. The van der Waals surface area contributed by atoms with Crippen LogP contribution >= 0.6 is 0 Å². The van der Waals surface area contributed by atoms with Crippen molar-refractivity contribution in [1.29, 1.82) is 0 Å². The molecule has 2 amide bonds. The topological polar surface area (TPSA) is 89.5 Å². The number of nitrogens with one attached hydrogen (secondary N) is 1. The van der Waals surface area contributed by atoms with Crippen molar-refractivity contribution in [2.24, 2.45) is 0 Å². The highest BCUT2D eigenvalue weighted by atomic mass is 32.2. The smallest absolute Gasteiger partial charge is 0.268 e. The van der Waals surface area contributed by atoms with Crippen molar-refractivity contribution in [3.63, 3.8) is 0 Å². The fourth-order valence-corrected chi connectivity index (χ4v) is 2.52. The summed E-state index contributed by atoms with van der Waals surface area (Å²) < 4.78 is 27.5. The monoisotopic (exact) mass is 249 g/mol. The number of rotatable bonds is 6. The van der Waals surface area contributed by atoms with Gasteiger partial charge in [0, 0.05) is 0 Å². The summed E-state index contributed by atoms with van der Waals surface area (Å²) in [6, 6.07) is 0. The molecule has 0 aromatic rings. The molecule has 0 saturated carbocycles. The molecular weight excluding hydrogens is 234 g/mol. The molecule has 7 heteroatoms. The summed E-state index contributed by atoms with van der Waals surface area (Å²) in [5.41, 5.74) is 0. The third-order valence-electron chi connectivity index (χ3n) is 2.19. The number of hydrogen-bond donors (Lipinski definition) is 1. The maximum absolute atomic E-state index is 11.4. The van der Waals surface area contributed by atoms with E-state index in [1.165, 1.54) is 0 Å². The van der Waals surface area contributed by atoms with Crippen molar-refractivity contribution in [2.75, 3.05) is 5.75 Å². The van der Waals surface area contributed by atoms with Gasteiger partial charge in [-0.15, -0.1) is 0 Å². The minimum absolute atomic E-state index is 0.112. The fraction of sp³-hybridized carbons (Fsp3) is 0.778. The minimum Gasteiger partial charge on any atom is -0.294 e. The van der Waals surface area contributed by atoms with Crippen molar-refractivity contribution in [2.45, 2.75) is 38.7 Å². The minimum atomic E-state index is -3.71. The van der Waals surface area contributed by atoms with Gasteiger partial charge < -0.3 is 0 Å². The Morgan fingerprint density at radius 1 is 1.38 bits per heavy atom.